The normalized spacial score (nSPS) is 11.4. The molecule has 4 aromatic heterocycles. The van der Waals surface area contributed by atoms with Gasteiger partial charge in [0, 0.05) is 11.4 Å². The monoisotopic (exact) mass is 383 g/mol. The Labute approximate surface area is 158 Å². The van der Waals surface area contributed by atoms with Crippen molar-refractivity contribution < 1.29 is 4.79 Å². The number of aryl methyl sites for hydroxylation is 1. The van der Waals surface area contributed by atoms with Crippen molar-refractivity contribution in [1.29, 1.82) is 0 Å². The Hall–Kier alpha value is -2.58. The maximum Gasteiger partial charge on any atom is 0.258 e. The number of carbonyl (C=O) groups excluding carboxylic acids is 1. The summed E-state index contributed by atoms with van der Waals surface area (Å²) >= 11 is 3.01. The first-order valence-electron chi connectivity index (χ1n) is 8.18. The molecule has 0 spiro atoms. The van der Waals surface area contributed by atoms with E-state index in [1.165, 1.54) is 11.3 Å². The van der Waals surface area contributed by atoms with Gasteiger partial charge in [-0.1, -0.05) is 6.07 Å². The smallest absolute Gasteiger partial charge is 0.258 e. The van der Waals surface area contributed by atoms with Crippen LogP contribution in [0.1, 0.15) is 35.9 Å². The van der Waals surface area contributed by atoms with Crippen LogP contribution >= 0.6 is 22.7 Å². The highest BCUT2D eigenvalue weighted by Crippen LogP contribution is 2.29. The first-order chi connectivity index (χ1) is 12.5. The summed E-state index contributed by atoms with van der Waals surface area (Å²) in [6, 6.07) is 5.96. The van der Waals surface area contributed by atoms with Crippen molar-refractivity contribution in [2.24, 2.45) is 0 Å². The molecular weight excluding hydrogens is 366 g/mol. The van der Waals surface area contributed by atoms with E-state index in [0.29, 0.717) is 16.3 Å². The van der Waals surface area contributed by atoms with E-state index in [-0.39, 0.29) is 11.9 Å². The molecule has 0 aliphatic rings. The van der Waals surface area contributed by atoms with Crippen molar-refractivity contribution in [3.8, 4) is 10.6 Å². The average Bonchev–Trinajstić information content (AvgIpc) is 3.33. The van der Waals surface area contributed by atoms with E-state index in [1.54, 1.807) is 17.5 Å². The van der Waals surface area contributed by atoms with Crippen molar-refractivity contribution in [2.75, 3.05) is 5.32 Å². The van der Waals surface area contributed by atoms with Gasteiger partial charge in [-0.25, -0.2) is 14.6 Å². The second-order valence-electron chi connectivity index (χ2n) is 6.20. The highest BCUT2D eigenvalue weighted by Gasteiger charge is 2.19. The summed E-state index contributed by atoms with van der Waals surface area (Å²) in [7, 11) is 0. The van der Waals surface area contributed by atoms with Gasteiger partial charge in [0.15, 0.2) is 10.8 Å². The summed E-state index contributed by atoms with van der Waals surface area (Å²) in [4.78, 5) is 23.0. The molecule has 0 fully saturated rings. The summed E-state index contributed by atoms with van der Waals surface area (Å²) < 4.78 is 1.84. The molecule has 4 aromatic rings. The van der Waals surface area contributed by atoms with E-state index >= 15 is 0 Å². The van der Waals surface area contributed by atoms with Crippen LogP contribution in [0, 0.1) is 6.92 Å². The zero-order chi connectivity index (χ0) is 18.3. The summed E-state index contributed by atoms with van der Waals surface area (Å²) in [5.74, 6) is -0.201. The minimum Gasteiger partial charge on any atom is -0.298 e. The van der Waals surface area contributed by atoms with Gasteiger partial charge in [0.25, 0.3) is 5.91 Å². The molecule has 0 unspecified atom stereocenters. The van der Waals surface area contributed by atoms with Gasteiger partial charge in [-0.05, 0) is 38.3 Å². The molecule has 8 heteroatoms. The molecule has 4 rings (SSSR count). The zero-order valence-electron chi connectivity index (χ0n) is 14.6. The van der Waals surface area contributed by atoms with Gasteiger partial charge >= 0.3 is 0 Å². The molecule has 6 nitrogen and oxygen atoms in total. The van der Waals surface area contributed by atoms with Gasteiger partial charge in [-0.15, -0.1) is 22.7 Å². The number of aromatic nitrogens is 4. The third-order valence-electron chi connectivity index (χ3n) is 3.91. The Kier molecular flexibility index (Phi) is 4.29. The number of nitrogens with one attached hydrogen (secondary N) is 1. The van der Waals surface area contributed by atoms with Crippen LogP contribution in [-0.2, 0) is 0 Å². The summed E-state index contributed by atoms with van der Waals surface area (Å²) in [6.07, 6.45) is 1.71. The van der Waals surface area contributed by atoms with Crippen LogP contribution in [0.2, 0.25) is 0 Å². The Morgan fingerprint density at radius 1 is 1.27 bits per heavy atom. The number of anilines is 1. The van der Waals surface area contributed by atoms with Crippen molar-refractivity contribution in [2.45, 2.75) is 26.8 Å². The molecule has 1 amide bonds. The molecule has 0 radical (unpaired) electrons. The first-order valence-corrected chi connectivity index (χ1v) is 9.94. The van der Waals surface area contributed by atoms with Crippen LogP contribution in [-0.4, -0.2) is 25.7 Å². The van der Waals surface area contributed by atoms with Gasteiger partial charge in [-0.2, -0.15) is 5.10 Å². The van der Waals surface area contributed by atoms with E-state index in [2.05, 4.69) is 15.4 Å². The number of hydrogen-bond acceptors (Lipinski definition) is 6. The summed E-state index contributed by atoms with van der Waals surface area (Å²) in [6.45, 7) is 5.99. The van der Waals surface area contributed by atoms with Crippen molar-refractivity contribution in [3.05, 3.63) is 46.4 Å². The van der Waals surface area contributed by atoms with Gasteiger partial charge in [0.05, 0.1) is 33.4 Å². The first kappa shape index (κ1) is 16.9. The Balaban J connectivity index is 1.85. The zero-order valence-corrected chi connectivity index (χ0v) is 16.2. The van der Waals surface area contributed by atoms with Gasteiger partial charge in [0.2, 0.25) is 0 Å². The number of fused-ring (bicyclic) bond motifs is 1. The average molecular weight is 384 g/mol. The van der Waals surface area contributed by atoms with E-state index in [9.17, 15) is 4.79 Å². The lowest BCUT2D eigenvalue weighted by molar-refractivity contribution is 0.102. The molecule has 0 aliphatic heterocycles. The fraction of sp³-hybridized carbons (Fsp3) is 0.222. The molecular formula is C18H17N5OS2. The number of thiazole rings is 1. The minimum atomic E-state index is -0.201. The van der Waals surface area contributed by atoms with E-state index in [4.69, 9.17) is 4.98 Å². The minimum absolute atomic E-state index is 0.149. The largest absolute Gasteiger partial charge is 0.298 e. The molecule has 1 N–H and O–H groups in total. The summed E-state index contributed by atoms with van der Waals surface area (Å²) in [5, 5.41) is 12.6. The van der Waals surface area contributed by atoms with Crippen molar-refractivity contribution >= 4 is 44.7 Å². The number of nitrogens with zero attached hydrogens (tertiary/aromatic N) is 4. The highest BCUT2D eigenvalue weighted by molar-refractivity contribution is 7.14. The summed E-state index contributed by atoms with van der Waals surface area (Å²) in [5.41, 5.74) is 2.93. The molecule has 4 heterocycles. The number of pyridine rings is 1. The standard InChI is InChI=1S/C18H17N5OS2/c1-10(2)23-16-13(8-19-23)12(7-14(21-16)15-5-4-6-25-15)17(24)22-18-20-11(3)9-26-18/h4-10H,1-3H3,(H,20,22,24). The molecule has 0 saturated carbocycles. The quantitative estimate of drug-likeness (QED) is 0.551. The second-order valence-corrected chi connectivity index (χ2v) is 8.01. The maximum absolute atomic E-state index is 12.9. The Bertz CT molecular complexity index is 1080. The number of hydrogen-bond donors (Lipinski definition) is 1. The van der Waals surface area contributed by atoms with Crippen LogP contribution in [0.25, 0.3) is 21.6 Å². The molecule has 132 valence electrons. The van der Waals surface area contributed by atoms with Crippen molar-refractivity contribution in [3.63, 3.8) is 0 Å². The predicted molar refractivity (Wildman–Crippen MR) is 106 cm³/mol. The fourth-order valence-electron chi connectivity index (χ4n) is 2.71. The SMILES string of the molecule is Cc1csc(NC(=O)c2cc(-c3cccs3)nc3c2cnn3C(C)C)n1. The molecule has 0 saturated heterocycles. The second kappa shape index (κ2) is 6.62. The topological polar surface area (TPSA) is 72.7 Å². The number of thiophene rings is 1. The van der Waals surface area contributed by atoms with Crippen LogP contribution in [0.5, 0.6) is 0 Å². The molecule has 0 bridgehead atoms. The lowest BCUT2D eigenvalue weighted by Gasteiger charge is -2.09. The molecule has 0 atom stereocenters. The van der Waals surface area contributed by atoms with E-state index < -0.39 is 0 Å². The van der Waals surface area contributed by atoms with E-state index in [0.717, 1.165) is 21.7 Å². The molecule has 0 aliphatic carbocycles. The van der Waals surface area contributed by atoms with Crippen LogP contribution in [0.4, 0.5) is 5.13 Å². The fourth-order valence-corrected chi connectivity index (χ4v) is 4.08. The number of carbonyl (C=O) groups is 1. The molecule has 26 heavy (non-hydrogen) atoms. The molecule has 0 aromatic carbocycles. The van der Waals surface area contributed by atoms with Crippen LogP contribution < -0.4 is 5.32 Å². The maximum atomic E-state index is 12.9. The Morgan fingerprint density at radius 2 is 2.12 bits per heavy atom. The van der Waals surface area contributed by atoms with Crippen LogP contribution in [0.15, 0.2) is 35.2 Å². The van der Waals surface area contributed by atoms with Gasteiger partial charge in [0.1, 0.15) is 0 Å². The number of amides is 1. The van der Waals surface area contributed by atoms with Gasteiger partial charge < -0.3 is 0 Å². The van der Waals surface area contributed by atoms with Gasteiger partial charge in [-0.3, -0.25) is 10.1 Å². The lowest BCUT2D eigenvalue weighted by Crippen LogP contribution is -2.13. The van der Waals surface area contributed by atoms with Crippen LogP contribution in [0.3, 0.4) is 0 Å². The highest BCUT2D eigenvalue weighted by atomic mass is 32.1. The third-order valence-corrected chi connectivity index (χ3v) is 5.68. The third kappa shape index (κ3) is 3.02. The number of rotatable bonds is 4. The lowest BCUT2D eigenvalue weighted by atomic mass is 10.1. The predicted octanol–water partition coefficient (Wildman–Crippen LogP) is 4.76. The van der Waals surface area contributed by atoms with Crippen molar-refractivity contribution in [1.82, 2.24) is 19.7 Å². The Morgan fingerprint density at radius 3 is 2.77 bits per heavy atom. The van der Waals surface area contributed by atoms with E-state index in [1.807, 2.05) is 54.4 Å².